The van der Waals surface area contributed by atoms with Gasteiger partial charge in [-0.05, 0) is 30.9 Å². The molecule has 0 unspecified atom stereocenters. The minimum absolute atomic E-state index is 0.131. The number of carbonyl (C=O) groups excluding carboxylic acids is 1. The van der Waals surface area contributed by atoms with Crippen molar-refractivity contribution in [1.29, 1.82) is 0 Å². The summed E-state index contributed by atoms with van der Waals surface area (Å²) in [4.78, 5) is 11.6. The highest BCUT2D eigenvalue weighted by Gasteiger charge is 2.29. The first-order chi connectivity index (χ1) is 8.15. The average molecular weight is 233 g/mol. The predicted molar refractivity (Wildman–Crippen MR) is 68.1 cm³/mol. The second-order valence-corrected chi connectivity index (χ2v) is 5.00. The molecule has 0 saturated heterocycles. The monoisotopic (exact) mass is 233 g/mol. The lowest BCUT2D eigenvalue weighted by atomic mass is 10.2. The molecular formula is C14H19NO2. The fraction of sp³-hybridized carbons (Fsp3) is 0.500. The Labute approximate surface area is 102 Å². The number of benzene rings is 1. The van der Waals surface area contributed by atoms with Gasteiger partial charge in [0.25, 0.3) is 0 Å². The van der Waals surface area contributed by atoms with Crippen LogP contribution in [0.25, 0.3) is 0 Å². The topological polar surface area (TPSA) is 38.3 Å². The Bertz CT molecular complexity index is 397. The van der Waals surface area contributed by atoms with Crippen molar-refractivity contribution in [2.75, 3.05) is 11.9 Å². The van der Waals surface area contributed by atoms with E-state index < -0.39 is 0 Å². The van der Waals surface area contributed by atoms with E-state index in [-0.39, 0.29) is 11.8 Å². The molecule has 3 nitrogen and oxygen atoms in total. The van der Waals surface area contributed by atoms with E-state index >= 15 is 0 Å². The number of hydrogen-bond acceptors (Lipinski definition) is 2. The molecule has 1 aliphatic rings. The van der Waals surface area contributed by atoms with Crippen molar-refractivity contribution < 1.29 is 9.53 Å². The highest BCUT2D eigenvalue weighted by atomic mass is 16.5. The molecule has 17 heavy (non-hydrogen) atoms. The largest absolute Gasteiger partial charge is 0.493 e. The Morgan fingerprint density at radius 3 is 2.88 bits per heavy atom. The van der Waals surface area contributed by atoms with Crippen LogP contribution < -0.4 is 10.1 Å². The molecule has 1 fully saturated rings. The minimum Gasteiger partial charge on any atom is -0.493 e. The molecule has 1 saturated carbocycles. The lowest BCUT2D eigenvalue weighted by Crippen LogP contribution is -2.13. The van der Waals surface area contributed by atoms with Crippen molar-refractivity contribution in [3.8, 4) is 5.75 Å². The van der Waals surface area contributed by atoms with Gasteiger partial charge in [0, 0.05) is 17.7 Å². The molecule has 0 heterocycles. The zero-order valence-electron chi connectivity index (χ0n) is 10.4. The van der Waals surface area contributed by atoms with Gasteiger partial charge in [0.05, 0.1) is 6.61 Å². The number of carbonyl (C=O) groups is 1. The van der Waals surface area contributed by atoms with Crippen LogP contribution in [0.3, 0.4) is 0 Å². The summed E-state index contributed by atoms with van der Waals surface area (Å²) in [5.41, 5.74) is 0.822. The summed E-state index contributed by atoms with van der Waals surface area (Å²) >= 11 is 0. The molecule has 1 amide bonds. The molecule has 0 radical (unpaired) electrons. The van der Waals surface area contributed by atoms with E-state index in [0.717, 1.165) is 24.3 Å². The van der Waals surface area contributed by atoms with Crippen molar-refractivity contribution in [3.63, 3.8) is 0 Å². The van der Waals surface area contributed by atoms with E-state index in [2.05, 4.69) is 19.2 Å². The van der Waals surface area contributed by atoms with E-state index in [1.807, 2.05) is 24.3 Å². The van der Waals surface area contributed by atoms with Gasteiger partial charge in [0.15, 0.2) is 0 Å². The van der Waals surface area contributed by atoms with Gasteiger partial charge in [-0.15, -0.1) is 0 Å². The van der Waals surface area contributed by atoms with Crippen molar-refractivity contribution in [1.82, 2.24) is 0 Å². The van der Waals surface area contributed by atoms with Gasteiger partial charge in [-0.25, -0.2) is 0 Å². The van der Waals surface area contributed by atoms with Crippen LogP contribution in [0.4, 0.5) is 5.69 Å². The molecule has 2 rings (SSSR count). The Morgan fingerprint density at radius 2 is 2.24 bits per heavy atom. The Hall–Kier alpha value is -1.51. The van der Waals surface area contributed by atoms with Gasteiger partial charge in [-0.3, -0.25) is 4.79 Å². The maximum absolute atomic E-state index is 11.6. The summed E-state index contributed by atoms with van der Waals surface area (Å²) in [6, 6.07) is 7.58. The Kier molecular flexibility index (Phi) is 3.67. The van der Waals surface area contributed by atoms with Crippen LogP contribution in [-0.2, 0) is 4.79 Å². The quantitative estimate of drug-likeness (QED) is 0.848. The number of nitrogens with one attached hydrogen (secondary N) is 1. The van der Waals surface area contributed by atoms with Crippen molar-refractivity contribution >= 4 is 11.6 Å². The molecule has 0 bridgehead atoms. The molecule has 1 aromatic rings. The SMILES string of the molecule is CC(C)COc1cccc(NC(=O)C2CC2)c1. The van der Waals surface area contributed by atoms with Crippen molar-refractivity contribution in [2.24, 2.45) is 11.8 Å². The second kappa shape index (κ2) is 5.21. The van der Waals surface area contributed by atoms with E-state index in [1.54, 1.807) is 0 Å². The van der Waals surface area contributed by atoms with Gasteiger partial charge in [0.2, 0.25) is 5.91 Å². The Balaban J connectivity index is 1.93. The van der Waals surface area contributed by atoms with Crippen LogP contribution >= 0.6 is 0 Å². The molecule has 1 N–H and O–H groups in total. The van der Waals surface area contributed by atoms with Crippen LogP contribution in [0.5, 0.6) is 5.75 Å². The normalized spacial score (nSPS) is 14.8. The van der Waals surface area contributed by atoms with E-state index in [4.69, 9.17) is 4.74 Å². The first-order valence-corrected chi connectivity index (χ1v) is 6.19. The van der Waals surface area contributed by atoms with Gasteiger partial charge in [-0.1, -0.05) is 19.9 Å². The van der Waals surface area contributed by atoms with Crippen molar-refractivity contribution in [2.45, 2.75) is 26.7 Å². The third kappa shape index (κ3) is 3.77. The fourth-order valence-electron chi connectivity index (χ4n) is 1.52. The number of ether oxygens (including phenoxy) is 1. The summed E-state index contributed by atoms with van der Waals surface area (Å²) in [7, 11) is 0. The number of amides is 1. The van der Waals surface area contributed by atoms with Crippen LogP contribution in [0, 0.1) is 11.8 Å². The molecule has 3 heteroatoms. The summed E-state index contributed by atoms with van der Waals surface area (Å²) in [6.07, 6.45) is 2.05. The average Bonchev–Trinajstić information content (AvgIpc) is 3.10. The summed E-state index contributed by atoms with van der Waals surface area (Å²) in [5, 5.41) is 2.91. The zero-order chi connectivity index (χ0) is 12.3. The lowest BCUT2D eigenvalue weighted by molar-refractivity contribution is -0.117. The van der Waals surface area contributed by atoms with Crippen LogP contribution in [0.1, 0.15) is 26.7 Å². The standard InChI is InChI=1S/C14H19NO2/c1-10(2)9-17-13-5-3-4-12(8-13)15-14(16)11-6-7-11/h3-5,8,10-11H,6-7,9H2,1-2H3,(H,15,16). The predicted octanol–water partition coefficient (Wildman–Crippen LogP) is 3.07. The third-order valence-corrected chi connectivity index (χ3v) is 2.63. The van der Waals surface area contributed by atoms with E-state index in [9.17, 15) is 4.79 Å². The molecule has 1 aliphatic carbocycles. The molecule has 92 valence electrons. The molecule has 0 spiro atoms. The zero-order valence-corrected chi connectivity index (χ0v) is 10.4. The fourth-order valence-corrected chi connectivity index (χ4v) is 1.52. The molecule has 0 atom stereocenters. The maximum atomic E-state index is 11.6. The van der Waals surface area contributed by atoms with Gasteiger partial charge >= 0.3 is 0 Å². The lowest BCUT2D eigenvalue weighted by Gasteiger charge is -2.10. The second-order valence-electron chi connectivity index (χ2n) is 5.00. The summed E-state index contributed by atoms with van der Waals surface area (Å²) in [6.45, 7) is 4.91. The number of anilines is 1. The van der Waals surface area contributed by atoms with Crippen LogP contribution in [0.15, 0.2) is 24.3 Å². The number of hydrogen-bond donors (Lipinski definition) is 1. The number of rotatable bonds is 5. The van der Waals surface area contributed by atoms with Crippen LogP contribution in [-0.4, -0.2) is 12.5 Å². The highest BCUT2D eigenvalue weighted by Crippen LogP contribution is 2.30. The third-order valence-electron chi connectivity index (χ3n) is 2.63. The smallest absolute Gasteiger partial charge is 0.227 e. The van der Waals surface area contributed by atoms with Crippen molar-refractivity contribution in [3.05, 3.63) is 24.3 Å². The Morgan fingerprint density at radius 1 is 1.47 bits per heavy atom. The summed E-state index contributed by atoms with van der Waals surface area (Å²) in [5.74, 6) is 1.67. The maximum Gasteiger partial charge on any atom is 0.227 e. The molecule has 0 aromatic heterocycles. The molecule has 1 aromatic carbocycles. The van der Waals surface area contributed by atoms with E-state index in [1.165, 1.54) is 0 Å². The highest BCUT2D eigenvalue weighted by molar-refractivity contribution is 5.94. The van der Waals surface area contributed by atoms with Crippen LogP contribution in [0.2, 0.25) is 0 Å². The first-order valence-electron chi connectivity index (χ1n) is 6.19. The minimum atomic E-state index is 0.131. The van der Waals surface area contributed by atoms with E-state index in [0.29, 0.717) is 12.5 Å². The molecule has 0 aliphatic heterocycles. The molecular weight excluding hydrogens is 214 g/mol. The summed E-state index contributed by atoms with van der Waals surface area (Å²) < 4.78 is 5.61. The van der Waals surface area contributed by atoms with Gasteiger partial charge in [0.1, 0.15) is 5.75 Å². The van der Waals surface area contributed by atoms with Gasteiger partial charge < -0.3 is 10.1 Å². The first kappa shape index (κ1) is 12.0. The van der Waals surface area contributed by atoms with Gasteiger partial charge in [-0.2, -0.15) is 0 Å².